The van der Waals surface area contributed by atoms with Crippen molar-refractivity contribution in [1.82, 2.24) is 0 Å². The summed E-state index contributed by atoms with van der Waals surface area (Å²) in [5.41, 5.74) is -0.287. The number of aliphatic hydroxyl groups is 1. The van der Waals surface area contributed by atoms with Crippen molar-refractivity contribution in [2.45, 2.75) is 102 Å². The minimum atomic E-state index is -0.287. The van der Waals surface area contributed by atoms with Crippen molar-refractivity contribution in [2.24, 2.45) is 17.8 Å². The van der Waals surface area contributed by atoms with Crippen molar-refractivity contribution in [3.05, 3.63) is 0 Å². The van der Waals surface area contributed by atoms with E-state index in [2.05, 4.69) is 0 Å². The van der Waals surface area contributed by atoms with Crippen LogP contribution in [-0.2, 0) is 0 Å². The van der Waals surface area contributed by atoms with Crippen LogP contribution in [0.5, 0.6) is 0 Å². The first-order valence-corrected chi connectivity index (χ1v) is 9.53. The molecule has 0 spiro atoms. The highest BCUT2D eigenvalue weighted by Crippen LogP contribution is 2.49. The molecule has 20 heavy (non-hydrogen) atoms. The minimum absolute atomic E-state index is 0.287. The second kappa shape index (κ2) is 6.81. The molecule has 0 aromatic rings. The molecule has 0 radical (unpaired) electrons. The Morgan fingerprint density at radius 2 is 1.15 bits per heavy atom. The van der Waals surface area contributed by atoms with Crippen LogP contribution in [-0.4, -0.2) is 10.7 Å². The van der Waals surface area contributed by atoms with Crippen molar-refractivity contribution in [3.63, 3.8) is 0 Å². The highest BCUT2D eigenvalue weighted by Gasteiger charge is 2.47. The smallest absolute Gasteiger partial charge is 0.0706 e. The van der Waals surface area contributed by atoms with Gasteiger partial charge in [0.15, 0.2) is 0 Å². The van der Waals surface area contributed by atoms with Gasteiger partial charge in [-0.05, 0) is 43.4 Å². The van der Waals surface area contributed by atoms with Crippen molar-refractivity contribution >= 4 is 0 Å². The van der Waals surface area contributed by atoms with Crippen LogP contribution in [0.15, 0.2) is 0 Å². The minimum Gasteiger partial charge on any atom is -0.389 e. The molecule has 0 aromatic carbocycles. The van der Waals surface area contributed by atoms with E-state index >= 15 is 0 Å². The van der Waals surface area contributed by atoms with Gasteiger partial charge in [0.25, 0.3) is 0 Å². The zero-order valence-electron chi connectivity index (χ0n) is 13.3. The molecule has 2 atom stereocenters. The molecule has 0 amide bonds. The maximum atomic E-state index is 11.6. The summed E-state index contributed by atoms with van der Waals surface area (Å²) in [4.78, 5) is 0. The molecule has 0 heterocycles. The third-order valence-electron chi connectivity index (χ3n) is 6.77. The van der Waals surface area contributed by atoms with Gasteiger partial charge in [-0.1, -0.05) is 70.6 Å². The molecule has 0 saturated heterocycles. The Kier molecular flexibility index (Phi) is 5.07. The summed E-state index contributed by atoms with van der Waals surface area (Å²) in [5.74, 6) is 2.11. The van der Waals surface area contributed by atoms with Gasteiger partial charge >= 0.3 is 0 Å². The molecule has 0 aromatic heterocycles. The summed E-state index contributed by atoms with van der Waals surface area (Å²) in [6, 6.07) is 0. The zero-order chi connectivity index (χ0) is 13.8. The molecule has 3 saturated carbocycles. The van der Waals surface area contributed by atoms with Crippen LogP contribution in [0.1, 0.15) is 96.3 Å². The lowest BCUT2D eigenvalue weighted by atomic mass is 9.60. The van der Waals surface area contributed by atoms with Crippen molar-refractivity contribution in [1.29, 1.82) is 0 Å². The largest absolute Gasteiger partial charge is 0.389 e. The number of hydrogen-bond acceptors (Lipinski definition) is 1. The summed E-state index contributed by atoms with van der Waals surface area (Å²) in [6.07, 6.45) is 20.3. The molecule has 1 heteroatoms. The van der Waals surface area contributed by atoms with Crippen LogP contribution in [0.2, 0.25) is 0 Å². The summed E-state index contributed by atoms with van der Waals surface area (Å²) >= 11 is 0. The monoisotopic (exact) mass is 278 g/mol. The Hall–Kier alpha value is -0.0400. The highest BCUT2D eigenvalue weighted by molar-refractivity contribution is 4.98. The molecular weight excluding hydrogens is 244 g/mol. The van der Waals surface area contributed by atoms with E-state index in [1.807, 2.05) is 0 Å². The molecule has 116 valence electrons. The van der Waals surface area contributed by atoms with Gasteiger partial charge in [-0.3, -0.25) is 0 Å². The zero-order valence-corrected chi connectivity index (χ0v) is 13.3. The molecule has 2 unspecified atom stereocenters. The van der Waals surface area contributed by atoms with E-state index < -0.39 is 0 Å². The Labute approximate surface area is 125 Å². The van der Waals surface area contributed by atoms with Gasteiger partial charge < -0.3 is 5.11 Å². The van der Waals surface area contributed by atoms with Crippen LogP contribution in [0.3, 0.4) is 0 Å². The summed E-state index contributed by atoms with van der Waals surface area (Å²) in [6.45, 7) is 0. The van der Waals surface area contributed by atoms with Gasteiger partial charge in [0.1, 0.15) is 0 Å². The van der Waals surface area contributed by atoms with Crippen LogP contribution in [0.25, 0.3) is 0 Å². The van der Waals surface area contributed by atoms with Crippen LogP contribution in [0.4, 0.5) is 0 Å². The van der Waals surface area contributed by atoms with E-state index in [4.69, 9.17) is 0 Å². The van der Waals surface area contributed by atoms with Crippen molar-refractivity contribution in [3.8, 4) is 0 Å². The predicted octanol–water partition coefficient (Wildman–Crippen LogP) is 5.46. The van der Waals surface area contributed by atoms with Gasteiger partial charge in [-0.2, -0.15) is 0 Å². The fourth-order valence-electron chi connectivity index (χ4n) is 5.67. The Bertz CT molecular complexity index is 286. The van der Waals surface area contributed by atoms with E-state index in [0.29, 0.717) is 11.8 Å². The number of rotatable bonds is 2. The second-order valence-corrected chi connectivity index (χ2v) is 7.93. The maximum absolute atomic E-state index is 11.6. The van der Waals surface area contributed by atoms with Gasteiger partial charge in [0.2, 0.25) is 0 Å². The standard InChI is InChI=1S/C19H34O/c20-19(17-12-6-1-2-7-13-17)15-9-8-14-18(19)16-10-4-3-5-11-16/h16-18,20H,1-15H2. The Balaban J connectivity index is 1.74. The molecular formula is C19H34O. The maximum Gasteiger partial charge on any atom is 0.0706 e. The quantitative estimate of drug-likeness (QED) is 0.665. The Morgan fingerprint density at radius 3 is 1.85 bits per heavy atom. The molecule has 1 nitrogen and oxygen atoms in total. The lowest BCUT2D eigenvalue weighted by Crippen LogP contribution is -2.50. The molecule has 3 aliphatic rings. The van der Waals surface area contributed by atoms with Crippen molar-refractivity contribution in [2.75, 3.05) is 0 Å². The summed E-state index contributed by atoms with van der Waals surface area (Å²) < 4.78 is 0. The van der Waals surface area contributed by atoms with Crippen LogP contribution < -0.4 is 0 Å². The molecule has 3 rings (SSSR count). The highest BCUT2D eigenvalue weighted by atomic mass is 16.3. The van der Waals surface area contributed by atoms with Gasteiger partial charge in [0.05, 0.1) is 5.60 Å². The van der Waals surface area contributed by atoms with E-state index in [9.17, 15) is 5.11 Å². The lowest BCUT2D eigenvalue weighted by molar-refractivity contribution is -0.122. The predicted molar refractivity (Wildman–Crippen MR) is 84.7 cm³/mol. The lowest BCUT2D eigenvalue weighted by Gasteiger charge is -2.49. The van der Waals surface area contributed by atoms with Gasteiger partial charge in [0, 0.05) is 0 Å². The third kappa shape index (κ3) is 3.08. The van der Waals surface area contributed by atoms with Gasteiger partial charge in [-0.15, -0.1) is 0 Å². The van der Waals surface area contributed by atoms with Crippen LogP contribution in [0, 0.1) is 17.8 Å². The second-order valence-electron chi connectivity index (χ2n) is 7.93. The average molecular weight is 278 g/mol. The van der Waals surface area contributed by atoms with Gasteiger partial charge in [-0.25, -0.2) is 0 Å². The molecule has 0 aliphatic heterocycles. The first kappa shape index (κ1) is 14.9. The summed E-state index contributed by atoms with van der Waals surface area (Å²) in [5, 5.41) is 11.6. The first-order chi connectivity index (χ1) is 9.81. The van der Waals surface area contributed by atoms with E-state index in [0.717, 1.165) is 12.3 Å². The number of hydrogen-bond donors (Lipinski definition) is 1. The first-order valence-electron chi connectivity index (χ1n) is 9.53. The van der Waals surface area contributed by atoms with Crippen LogP contribution >= 0.6 is 0 Å². The van der Waals surface area contributed by atoms with E-state index in [1.54, 1.807) is 0 Å². The molecule has 1 N–H and O–H groups in total. The Morgan fingerprint density at radius 1 is 0.600 bits per heavy atom. The van der Waals surface area contributed by atoms with E-state index in [1.165, 1.54) is 89.9 Å². The van der Waals surface area contributed by atoms with E-state index in [-0.39, 0.29) is 5.60 Å². The van der Waals surface area contributed by atoms with Crippen molar-refractivity contribution < 1.29 is 5.11 Å². The molecule has 0 bridgehead atoms. The average Bonchev–Trinajstić information content (AvgIpc) is 2.78. The molecule has 3 fully saturated rings. The topological polar surface area (TPSA) is 20.2 Å². The molecule has 3 aliphatic carbocycles. The SMILES string of the molecule is OC1(C2CCCCCC2)CCCCC1C1CCCCC1. The summed E-state index contributed by atoms with van der Waals surface area (Å²) in [7, 11) is 0. The third-order valence-corrected chi connectivity index (χ3v) is 6.77. The fourth-order valence-corrected chi connectivity index (χ4v) is 5.67. The normalized spacial score (nSPS) is 38.5. The fraction of sp³-hybridized carbons (Fsp3) is 1.00.